The summed E-state index contributed by atoms with van der Waals surface area (Å²) in [6.45, 7) is 20.5. The lowest BCUT2D eigenvalue weighted by Crippen LogP contribution is -2.43. The lowest BCUT2D eigenvalue weighted by molar-refractivity contribution is 0.125. The summed E-state index contributed by atoms with van der Waals surface area (Å²) in [5.41, 5.74) is 8.95. The van der Waals surface area contributed by atoms with E-state index < -0.39 is 0 Å². The van der Waals surface area contributed by atoms with Crippen LogP contribution in [0.25, 0.3) is 22.4 Å². The molecule has 0 saturated heterocycles. The third kappa shape index (κ3) is 2.69. The Hall–Kier alpha value is -2.23. The quantitative estimate of drug-likeness (QED) is 0.601. The van der Waals surface area contributed by atoms with Crippen molar-refractivity contribution < 1.29 is 5.11 Å². The first-order valence-electron chi connectivity index (χ1n) is 11.3. The Kier molecular flexibility index (Phi) is 4.38. The molecule has 0 bridgehead atoms. The van der Waals surface area contributed by atoms with Gasteiger partial charge in [-0.2, -0.15) is 0 Å². The van der Waals surface area contributed by atoms with Gasteiger partial charge in [0.1, 0.15) is 21.5 Å². The fourth-order valence-corrected chi connectivity index (χ4v) is 5.68. The van der Waals surface area contributed by atoms with Crippen LogP contribution in [0.15, 0.2) is 12.1 Å². The molecule has 31 heavy (non-hydrogen) atoms. The van der Waals surface area contributed by atoms with Crippen LogP contribution in [0.2, 0.25) is 0 Å². The molecule has 0 amide bonds. The van der Waals surface area contributed by atoms with E-state index in [9.17, 15) is 5.11 Å². The second kappa shape index (κ2) is 6.17. The molecule has 0 fully saturated rings. The minimum Gasteiger partial charge on any atom is -0.493 e. The lowest BCUT2D eigenvalue weighted by Gasteiger charge is -2.45. The third-order valence-electron chi connectivity index (χ3n) is 8.71. The van der Waals surface area contributed by atoms with E-state index >= 15 is 0 Å². The number of benzene rings is 1. The summed E-state index contributed by atoms with van der Waals surface area (Å²) >= 11 is 0. The number of hydrogen-bond acceptors (Lipinski definition) is 3. The first-order valence-corrected chi connectivity index (χ1v) is 11.3. The molecule has 162 valence electrons. The van der Waals surface area contributed by atoms with Gasteiger partial charge in [-0.05, 0) is 39.5 Å². The van der Waals surface area contributed by atoms with E-state index in [1.165, 1.54) is 22.1 Å². The van der Waals surface area contributed by atoms with Gasteiger partial charge in [0.2, 0.25) is 5.88 Å². The fraction of sp³-hybridized carbons (Fsp3) is 0.520. The smallest absolute Gasteiger partial charge is 0.222 e. The normalized spacial score (nSPS) is 19.0. The van der Waals surface area contributed by atoms with Crippen molar-refractivity contribution in [2.45, 2.75) is 78.6 Å². The molecule has 1 aromatic carbocycles. The van der Waals surface area contributed by atoms with Crippen LogP contribution in [0.1, 0.15) is 79.1 Å². The predicted molar refractivity (Wildman–Crippen MR) is 136 cm³/mol. The van der Waals surface area contributed by atoms with E-state index in [4.69, 9.17) is 4.98 Å². The molecular weight excluding hydrogens is 380 g/mol. The molecule has 0 aliphatic heterocycles. The van der Waals surface area contributed by atoms with Crippen LogP contribution in [-0.4, -0.2) is 35.8 Å². The summed E-state index contributed by atoms with van der Waals surface area (Å²) in [7, 11) is 4.41. The zero-order chi connectivity index (χ0) is 23.3. The highest BCUT2D eigenvalue weighted by Crippen LogP contribution is 2.60. The molecule has 2 N–H and O–H groups in total. The van der Waals surface area contributed by atoms with Crippen LogP contribution in [-0.2, 0) is 16.2 Å². The molecule has 0 saturated carbocycles. The van der Waals surface area contributed by atoms with Gasteiger partial charge in [-0.3, -0.25) is 0 Å². The molecule has 0 unspecified atom stereocenters. The fourth-order valence-electron chi connectivity index (χ4n) is 5.68. The van der Waals surface area contributed by atoms with Crippen LogP contribution in [0.4, 0.5) is 0 Å². The maximum absolute atomic E-state index is 10.7. The topological polar surface area (TPSA) is 61.8 Å². The van der Waals surface area contributed by atoms with Crippen LogP contribution in [0, 0.1) is 5.41 Å². The van der Waals surface area contributed by atoms with Crippen molar-refractivity contribution in [3.8, 4) is 17.3 Å². The summed E-state index contributed by atoms with van der Waals surface area (Å²) in [6.07, 6.45) is 0. The van der Waals surface area contributed by atoms with E-state index in [1.54, 1.807) is 0 Å². The minimum absolute atomic E-state index is 0.0199. The number of pyridine rings is 1. The number of nitrogens with zero attached hydrogens (tertiary/aromatic N) is 2. The van der Waals surface area contributed by atoms with Crippen molar-refractivity contribution in [3.05, 3.63) is 29.0 Å². The zero-order valence-corrected chi connectivity index (χ0v) is 21.0. The SMILES string of the molecule is Bc1c2c(c(B)c3[nH]c(-c4ccc(C(C)(C)C)nc4O)nc13)C(C)(C)C(C)(C)C2(C)C. The number of fused-ring (bicyclic) bond motifs is 2. The Morgan fingerprint density at radius 2 is 1.42 bits per heavy atom. The van der Waals surface area contributed by atoms with Gasteiger partial charge in [-0.15, -0.1) is 0 Å². The highest BCUT2D eigenvalue weighted by Gasteiger charge is 2.58. The molecule has 0 spiro atoms. The number of rotatable bonds is 1. The second-order valence-electron chi connectivity index (χ2n) is 12.0. The van der Waals surface area contributed by atoms with Crippen LogP contribution in [0.5, 0.6) is 5.88 Å². The molecule has 4 rings (SSSR count). The Morgan fingerprint density at radius 3 is 1.94 bits per heavy atom. The van der Waals surface area contributed by atoms with E-state index in [0.29, 0.717) is 11.4 Å². The molecule has 2 heterocycles. The Morgan fingerprint density at radius 1 is 0.871 bits per heavy atom. The van der Waals surface area contributed by atoms with Gasteiger partial charge >= 0.3 is 0 Å². The Labute approximate surface area is 188 Å². The van der Waals surface area contributed by atoms with Crippen molar-refractivity contribution >= 4 is 37.7 Å². The maximum Gasteiger partial charge on any atom is 0.222 e. The van der Waals surface area contributed by atoms with E-state index in [-0.39, 0.29) is 27.5 Å². The van der Waals surface area contributed by atoms with Gasteiger partial charge in [-0.1, -0.05) is 73.2 Å². The van der Waals surface area contributed by atoms with Gasteiger partial charge in [0, 0.05) is 11.1 Å². The van der Waals surface area contributed by atoms with Gasteiger partial charge in [0.25, 0.3) is 0 Å². The number of H-pyrrole nitrogens is 1. The molecular formula is C25H35B2N3O. The summed E-state index contributed by atoms with van der Waals surface area (Å²) in [6, 6.07) is 3.91. The zero-order valence-electron chi connectivity index (χ0n) is 21.0. The molecule has 0 radical (unpaired) electrons. The average Bonchev–Trinajstić information content (AvgIpc) is 3.12. The van der Waals surface area contributed by atoms with Crippen LogP contribution >= 0.6 is 0 Å². The first-order chi connectivity index (χ1) is 14.0. The predicted octanol–water partition coefficient (Wildman–Crippen LogP) is 2.74. The molecule has 1 aliphatic carbocycles. The largest absolute Gasteiger partial charge is 0.493 e. The van der Waals surface area contributed by atoms with Gasteiger partial charge in [0.05, 0.1) is 16.6 Å². The van der Waals surface area contributed by atoms with Gasteiger partial charge < -0.3 is 10.1 Å². The minimum atomic E-state index is -0.123. The van der Waals surface area contributed by atoms with Crippen molar-refractivity contribution in [1.82, 2.24) is 15.0 Å². The third-order valence-corrected chi connectivity index (χ3v) is 8.71. The van der Waals surface area contributed by atoms with Crippen molar-refractivity contribution in [1.29, 1.82) is 0 Å². The molecule has 4 nitrogen and oxygen atoms in total. The Bertz CT molecular complexity index is 1170. The molecule has 0 atom stereocenters. The van der Waals surface area contributed by atoms with Gasteiger partial charge in [0.15, 0.2) is 0 Å². The number of hydrogen-bond donors (Lipinski definition) is 2. The van der Waals surface area contributed by atoms with Crippen molar-refractivity contribution in [2.24, 2.45) is 5.41 Å². The Balaban J connectivity index is 1.99. The first kappa shape index (κ1) is 22.0. The molecule has 3 aromatic rings. The summed E-state index contributed by atoms with van der Waals surface area (Å²) in [4.78, 5) is 13.0. The highest BCUT2D eigenvalue weighted by atomic mass is 16.3. The lowest BCUT2D eigenvalue weighted by atomic mass is 9.58. The molecule has 1 aliphatic rings. The van der Waals surface area contributed by atoms with Crippen molar-refractivity contribution in [3.63, 3.8) is 0 Å². The number of imidazole rings is 1. The van der Waals surface area contributed by atoms with Crippen molar-refractivity contribution in [2.75, 3.05) is 0 Å². The second-order valence-corrected chi connectivity index (χ2v) is 12.0. The monoisotopic (exact) mass is 415 g/mol. The summed E-state index contributed by atoms with van der Waals surface area (Å²) in [5.74, 6) is 0.696. The molecule has 6 heteroatoms. The van der Waals surface area contributed by atoms with E-state index in [1.807, 2.05) is 12.1 Å². The average molecular weight is 415 g/mol. The van der Waals surface area contributed by atoms with E-state index in [2.05, 4.69) is 88.0 Å². The van der Waals surface area contributed by atoms with Gasteiger partial charge in [-0.25, -0.2) is 9.97 Å². The molecule has 2 aromatic heterocycles. The number of aromatic amines is 1. The number of aromatic hydroxyl groups is 1. The van der Waals surface area contributed by atoms with E-state index in [0.717, 1.165) is 16.7 Å². The van der Waals surface area contributed by atoms with Crippen LogP contribution < -0.4 is 10.9 Å². The number of nitrogens with one attached hydrogen (secondary N) is 1. The van der Waals surface area contributed by atoms with Crippen LogP contribution in [0.3, 0.4) is 0 Å². The number of aromatic nitrogens is 3. The standard InChI is InChI=1S/C25H35B2N3O/c1-22(2,3)13-11-10-12(21(31)28-13)20-29-18-16(26)14-15(17(27)19(18)30-20)24(6,7)25(8,9)23(14,4)5/h10-11H,26-27H2,1-9H3,(H,28,31)(H,29,30). The summed E-state index contributed by atoms with van der Waals surface area (Å²) < 4.78 is 0. The highest BCUT2D eigenvalue weighted by molar-refractivity contribution is 6.46. The summed E-state index contributed by atoms with van der Waals surface area (Å²) in [5, 5.41) is 10.7. The maximum atomic E-state index is 10.7.